The molecule has 1 N–H and O–H groups in total. The van der Waals surface area contributed by atoms with Crippen LogP contribution in [-0.2, 0) is 0 Å². The number of amides is 2. The van der Waals surface area contributed by atoms with Crippen molar-refractivity contribution in [2.45, 2.75) is 19.9 Å². The Hall–Kier alpha value is -1.91. The number of carbonyl (C=O) groups excluding carboxylic acids is 1. The van der Waals surface area contributed by atoms with Crippen LogP contribution in [0.1, 0.15) is 24.1 Å². The number of anilines is 1. The van der Waals surface area contributed by atoms with Gasteiger partial charge in [0.2, 0.25) is 0 Å². The highest BCUT2D eigenvalue weighted by Crippen LogP contribution is 2.25. The molecule has 6 heteroatoms. The average molecular weight is 392 g/mol. The molecule has 1 unspecified atom stereocenters. The second-order valence-electron chi connectivity index (χ2n) is 6.66. The molecule has 1 aliphatic heterocycles. The van der Waals surface area contributed by atoms with E-state index in [0.29, 0.717) is 23.1 Å². The molecule has 0 spiro atoms. The van der Waals surface area contributed by atoms with E-state index < -0.39 is 0 Å². The van der Waals surface area contributed by atoms with Crippen molar-refractivity contribution >= 4 is 34.9 Å². The number of benzene rings is 2. The lowest BCUT2D eigenvalue weighted by Crippen LogP contribution is -2.52. The first-order chi connectivity index (χ1) is 12.4. The Morgan fingerprint density at radius 1 is 1.04 bits per heavy atom. The van der Waals surface area contributed by atoms with Gasteiger partial charge in [-0.25, -0.2) is 4.79 Å². The summed E-state index contributed by atoms with van der Waals surface area (Å²) in [7, 11) is 0. The molecule has 2 aromatic carbocycles. The summed E-state index contributed by atoms with van der Waals surface area (Å²) in [5, 5.41) is 4.06. The molecule has 1 heterocycles. The number of urea groups is 1. The first-order valence-corrected chi connectivity index (χ1v) is 9.51. The monoisotopic (exact) mass is 391 g/mol. The number of carbonyl (C=O) groups is 1. The van der Waals surface area contributed by atoms with E-state index in [1.54, 1.807) is 12.1 Å². The number of aryl methyl sites for hydroxylation is 1. The smallest absolute Gasteiger partial charge is 0.317 e. The van der Waals surface area contributed by atoms with E-state index >= 15 is 0 Å². The van der Waals surface area contributed by atoms with Crippen molar-refractivity contribution in [1.82, 2.24) is 10.2 Å². The van der Waals surface area contributed by atoms with E-state index in [1.807, 2.05) is 17.9 Å². The minimum Gasteiger partial charge on any atom is -0.368 e. The molecular formula is C20H23Cl2N3O. The molecule has 4 nitrogen and oxygen atoms in total. The molecule has 2 aromatic rings. The van der Waals surface area contributed by atoms with Crippen LogP contribution in [0.25, 0.3) is 0 Å². The Morgan fingerprint density at radius 3 is 2.42 bits per heavy atom. The Balaban J connectivity index is 1.55. The third-order valence-electron chi connectivity index (χ3n) is 4.72. The summed E-state index contributed by atoms with van der Waals surface area (Å²) in [4.78, 5) is 16.7. The minimum absolute atomic E-state index is 0.0486. The summed E-state index contributed by atoms with van der Waals surface area (Å²) < 4.78 is 0. The zero-order valence-electron chi connectivity index (χ0n) is 15.0. The lowest BCUT2D eigenvalue weighted by atomic mass is 10.1. The quantitative estimate of drug-likeness (QED) is 0.807. The van der Waals surface area contributed by atoms with Gasteiger partial charge in [0.15, 0.2) is 0 Å². The lowest BCUT2D eigenvalue weighted by Gasteiger charge is -2.36. The first-order valence-electron chi connectivity index (χ1n) is 8.76. The number of halogens is 2. The van der Waals surface area contributed by atoms with Crippen molar-refractivity contribution in [2.24, 2.45) is 0 Å². The van der Waals surface area contributed by atoms with Crippen LogP contribution >= 0.6 is 23.2 Å². The van der Waals surface area contributed by atoms with Crippen LogP contribution in [-0.4, -0.2) is 37.1 Å². The van der Waals surface area contributed by atoms with Crippen LogP contribution in [0.2, 0.25) is 10.0 Å². The summed E-state index contributed by atoms with van der Waals surface area (Å²) in [6.45, 7) is 7.11. The second kappa shape index (κ2) is 8.19. The van der Waals surface area contributed by atoms with Crippen LogP contribution < -0.4 is 10.2 Å². The topological polar surface area (TPSA) is 35.6 Å². The molecule has 0 aromatic heterocycles. The number of nitrogens with zero attached hydrogens (tertiary/aromatic N) is 2. The van der Waals surface area contributed by atoms with Gasteiger partial charge in [-0.1, -0.05) is 41.4 Å². The van der Waals surface area contributed by atoms with Gasteiger partial charge in [0.25, 0.3) is 0 Å². The second-order valence-corrected chi connectivity index (χ2v) is 7.47. The van der Waals surface area contributed by atoms with Gasteiger partial charge in [-0.15, -0.1) is 0 Å². The maximum Gasteiger partial charge on any atom is 0.317 e. The van der Waals surface area contributed by atoms with Gasteiger partial charge in [0.1, 0.15) is 0 Å². The van der Waals surface area contributed by atoms with Gasteiger partial charge >= 0.3 is 6.03 Å². The van der Waals surface area contributed by atoms with Crippen LogP contribution in [0.5, 0.6) is 0 Å². The van der Waals surface area contributed by atoms with Gasteiger partial charge in [-0.05, 0) is 49.2 Å². The van der Waals surface area contributed by atoms with Crippen LogP contribution in [0, 0.1) is 6.92 Å². The fourth-order valence-corrected chi connectivity index (χ4v) is 3.44. The van der Waals surface area contributed by atoms with Gasteiger partial charge in [0.05, 0.1) is 16.1 Å². The zero-order valence-corrected chi connectivity index (χ0v) is 16.5. The Kier molecular flexibility index (Phi) is 5.94. The number of hydrogen-bond acceptors (Lipinski definition) is 2. The lowest BCUT2D eigenvalue weighted by molar-refractivity contribution is 0.191. The van der Waals surface area contributed by atoms with E-state index in [2.05, 4.69) is 41.4 Å². The number of piperazine rings is 1. The van der Waals surface area contributed by atoms with E-state index in [9.17, 15) is 4.79 Å². The minimum atomic E-state index is -0.132. The predicted octanol–water partition coefficient (Wildman–Crippen LogP) is 4.89. The molecule has 0 bridgehead atoms. The Morgan fingerprint density at radius 2 is 1.77 bits per heavy atom. The van der Waals surface area contributed by atoms with Gasteiger partial charge in [-0.2, -0.15) is 0 Å². The molecule has 3 rings (SSSR count). The summed E-state index contributed by atoms with van der Waals surface area (Å²) in [5.41, 5.74) is 3.40. The van der Waals surface area contributed by atoms with Gasteiger partial charge in [-0.3, -0.25) is 0 Å². The molecule has 1 atom stereocenters. The van der Waals surface area contributed by atoms with E-state index in [1.165, 1.54) is 11.3 Å². The SMILES string of the molecule is Cc1cccc(N2CCN(C(=O)NC(C)c3ccc(Cl)c(Cl)c3)CC2)c1. The van der Waals surface area contributed by atoms with Gasteiger partial charge < -0.3 is 15.1 Å². The highest BCUT2D eigenvalue weighted by Gasteiger charge is 2.22. The third kappa shape index (κ3) is 4.43. The maximum atomic E-state index is 12.6. The molecule has 0 aliphatic carbocycles. The number of nitrogens with one attached hydrogen (secondary N) is 1. The highest BCUT2D eigenvalue weighted by atomic mass is 35.5. The van der Waals surface area contributed by atoms with Crippen molar-refractivity contribution < 1.29 is 4.79 Å². The normalized spacial score (nSPS) is 15.7. The molecule has 1 aliphatic rings. The first kappa shape index (κ1) is 18.9. The predicted molar refractivity (Wildman–Crippen MR) is 108 cm³/mol. The van der Waals surface area contributed by atoms with Crippen molar-refractivity contribution in [3.05, 3.63) is 63.6 Å². The standard InChI is InChI=1S/C20H23Cl2N3O/c1-14-4-3-5-17(12-14)24-8-10-25(11-9-24)20(26)23-15(2)16-6-7-18(21)19(22)13-16/h3-7,12-13,15H,8-11H2,1-2H3,(H,23,26). The summed E-state index contributed by atoms with van der Waals surface area (Å²) in [6.07, 6.45) is 0. The van der Waals surface area contributed by atoms with Crippen molar-refractivity contribution in [2.75, 3.05) is 31.1 Å². The molecule has 138 valence electrons. The summed E-state index contributed by atoms with van der Waals surface area (Å²) in [5.74, 6) is 0. The molecular weight excluding hydrogens is 369 g/mol. The van der Waals surface area contributed by atoms with E-state index in [-0.39, 0.29) is 12.1 Å². The molecule has 1 fully saturated rings. The summed E-state index contributed by atoms with van der Waals surface area (Å²) >= 11 is 12.0. The Labute approximate surface area is 164 Å². The maximum absolute atomic E-state index is 12.6. The molecule has 2 amide bonds. The number of hydrogen-bond donors (Lipinski definition) is 1. The molecule has 26 heavy (non-hydrogen) atoms. The van der Waals surface area contributed by atoms with E-state index in [4.69, 9.17) is 23.2 Å². The van der Waals surface area contributed by atoms with Crippen LogP contribution in [0.3, 0.4) is 0 Å². The van der Waals surface area contributed by atoms with E-state index in [0.717, 1.165) is 18.7 Å². The van der Waals surface area contributed by atoms with Gasteiger partial charge in [0, 0.05) is 31.9 Å². The van der Waals surface area contributed by atoms with Crippen molar-refractivity contribution in [3.63, 3.8) is 0 Å². The summed E-state index contributed by atoms with van der Waals surface area (Å²) in [6, 6.07) is 13.7. The largest absolute Gasteiger partial charge is 0.368 e. The highest BCUT2D eigenvalue weighted by molar-refractivity contribution is 6.42. The third-order valence-corrected chi connectivity index (χ3v) is 5.46. The Bertz CT molecular complexity index is 788. The van der Waals surface area contributed by atoms with Crippen LogP contribution in [0.4, 0.5) is 10.5 Å². The fourth-order valence-electron chi connectivity index (χ4n) is 3.13. The molecule has 0 radical (unpaired) electrons. The molecule has 0 saturated carbocycles. The van der Waals surface area contributed by atoms with Crippen molar-refractivity contribution in [1.29, 1.82) is 0 Å². The fraction of sp³-hybridized carbons (Fsp3) is 0.350. The van der Waals surface area contributed by atoms with Crippen molar-refractivity contribution in [3.8, 4) is 0 Å². The molecule has 1 saturated heterocycles. The van der Waals surface area contributed by atoms with Crippen LogP contribution in [0.15, 0.2) is 42.5 Å². The number of rotatable bonds is 3. The zero-order chi connectivity index (χ0) is 18.7. The average Bonchev–Trinajstić information content (AvgIpc) is 2.64.